The van der Waals surface area contributed by atoms with E-state index in [1.807, 2.05) is 74.5 Å². The number of aromatic nitrogens is 1. The molecule has 0 radical (unpaired) electrons. The fourth-order valence-corrected chi connectivity index (χ4v) is 2.55. The smallest absolute Gasteiger partial charge is 0.263 e. The molecule has 0 aliphatic rings. The van der Waals surface area contributed by atoms with Crippen molar-refractivity contribution in [2.75, 3.05) is 0 Å². The largest absolute Gasteiger partial charge is 0.268 e. The molecule has 3 rings (SSSR count). The highest BCUT2D eigenvalue weighted by atomic mass is 16.2. The molecule has 1 heterocycles. The Kier molecular flexibility index (Phi) is 4.71. The fourth-order valence-electron chi connectivity index (χ4n) is 2.55. The van der Waals surface area contributed by atoms with Gasteiger partial charge in [-0.2, -0.15) is 0 Å². The van der Waals surface area contributed by atoms with Crippen molar-refractivity contribution >= 4 is 5.91 Å². The Bertz CT molecular complexity index is 891. The Morgan fingerprint density at radius 3 is 2.12 bits per heavy atom. The zero-order valence-electron chi connectivity index (χ0n) is 13.9. The minimum absolute atomic E-state index is 0.0744. The number of pyridine rings is 1. The van der Waals surface area contributed by atoms with Gasteiger partial charge in [0.1, 0.15) is 5.49 Å². The first-order chi connectivity index (χ1) is 11.6. The minimum Gasteiger partial charge on any atom is -0.268 e. The molecule has 0 amide bonds. The van der Waals surface area contributed by atoms with E-state index in [1.54, 1.807) is 10.8 Å². The van der Waals surface area contributed by atoms with Crippen molar-refractivity contribution in [1.29, 1.82) is 0 Å². The van der Waals surface area contributed by atoms with Crippen molar-refractivity contribution in [2.45, 2.75) is 19.9 Å². The summed E-state index contributed by atoms with van der Waals surface area (Å²) in [5.74, 6) is -0.0744. The van der Waals surface area contributed by atoms with Gasteiger partial charge in [-0.25, -0.2) is 0 Å². The van der Waals surface area contributed by atoms with Crippen LogP contribution in [0.25, 0.3) is 11.1 Å². The molecular formula is C21H20N2O. The number of rotatable bonds is 3. The van der Waals surface area contributed by atoms with Gasteiger partial charge in [0.25, 0.3) is 5.91 Å². The third kappa shape index (κ3) is 3.51. The molecule has 0 bridgehead atoms. The van der Waals surface area contributed by atoms with Crippen LogP contribution in [-0.4, -0.2) is 16.5 Å². The molecule has 0 unspecified atom stereocenters. The van der Waals surface area contributed by atoms with Crippen LogP contribution in [0.1, 0.15) is 24.2 Å². The number of hydrogen-bond acceptors (Lipinski definition) is 2. The second-order valence-corrected chi connectivity index (χ2v) is 5.90. The van der Waals surface area contributed by atoms with E-state index in [1.165, 1.54) is 0 Å². The summed E-state index contributed by atoms with van der Waals surface area (Å²) >= 11 is 0. The van der Waals surface area contributed by atoms with Gasteiger partial charge in [-0.05, 0) is 49.2 Å². The second-order valence-electron chi connectivity index (χ2n) is 5.90. The van der Waals surface area contributed by atoms with Gasteiger partial charge < -0.3 is 0 Å². The average Bonchev–Trinajstić information content (AvgIpc) is 2.62. The summed E-state index contributed by atoms with van der Waals surface area (Å²) in [5, 5.41) is 0. The summed E-state index contributed by atoms with van der Waals surface area (Å²) < 4.78 is 1.59. The fraction of sp³-hybridized carbons (Fsp3) is 0.143. The van der Waals surface area contributed by atoms with Crippen molar-refractivity contribution < 1.29 is 4.79 Å². The number of carbonyl (C=O) groups excluding carboxylic acids is 1. The van der Waals surface area contributed by atoms with Crippen molar-refractivity contribution in [3.05, 3.63) is 90.0 Å². The molecule has 3 nitrogen and oxygen atoms in total. The van der Waals surface area contributed by atoms with Crippen molar-refractivity contribution in [3.8, 4) is 11.1 Å². The molecule has 3 aromatic rings. The average molecular weight is 316 g/mol. The molecule has 1 aromatic heterocycles. The summed E-state index contributed by atoms with van der Waals surface area (Å²) in [6, 6.07) is 23.5. The number of carbonyl (C=O) groups is 1. The predicted molar refractivity (Wildman–Crippen MR) is 96.7 cm³/mol. The van der Waals surface area contributed by atoms with Gasteiger partial charge in [0, 0.05) is 17.8 Å². The van der Waals surface area contributed by atoms with Crippen LogP contribution in [0.5, 0.6) is 0 Å². The van der Waals surface area contributed by atoms with E-state index in [-0.39, 0.29) is 11.9 Å². The molecule has 0 aliphatic carbocycles. The monoisotopic (exact) mass is 316 g/mol. The molecule has 24 heavy (non-hydrogen) atoms. The zero-order chi connectivity index (χ0) is 16.9. The van der Waals surface area contributed by atoms with Crippen LogP contribution in [-0.2, 0) is 0 Å². The Balaban J connectivity index is 1.95. The van der Waals surface area contributed by atoms with Gasteiger partial charge in [-0.15, -0.1) is 0 Å². The molecule has 3 heteroatoms. The summed E-state index contributed by atoms with van der Waals surface area (Å²) in [5.41, 5.74) is 3.55. The third-order valence-corrected chi connectivity index (χ3v) is 3.69. The van der Waals surface area contributed by atoms with E-state index in [4.69, 9.17) is 0 Å². The van der Waals surface area contributed by atoms with Gasteiger partial charge >= 0.3 is 0 Å². The molecule has 0 N–H and O–H groups in total. The van der Waals surface area contributed by atoms with Gasteiger partial charge in [0.15, 0.2) is 0 Å². The molecule has 0 atom stereocenters. The maximum absolute atomic E-state index is 12.8. The normalized spacial score (nSPS) is 11.7. The van der Waals surface area contributed by atoms with Crippen LogP contribution in [0.2, 0.25) is 0 Å². The first-order valence-electron chi connectivity index (χ1n) is 8.07. The molecule has 120 valence electrons. The quantitative estimate of drug-likeness (QED) is 0.714. The maximum atomic E-state index is 12.8. The molecule has 2 aromatic carbocycles. The van der Waals surface area contributed by atoms with Crippen molar-refractivity contribution in [3.63, 3.8) is 0 Å². The van der Waals surface area contributed by atoms with Gasteiger partial charge in [0.2, 0.25) is 0 Å². The molecule has 0 aliphatic heterocycles. The van der Waals surface area contributed by atoms with Gasteiger partial charge in [-0.3, -0.25) is 14.4 Å². The van der Waals surface area contributed by atoms with Crippen LogP contribution in [0.4, 0.5) is 0 Å². The van der Waals surface area contributed by atoms with E-state index >= 15 is 0 Å². The van der Waals surface area contributed by atoms with Crippen LogP contribution in [0.3, 0.4) is 0 Å². The van der Waals surface area contributed by atoms with Gasteiger partial charge in [-0.1, -0.05) is 48.5 Å². The predicted octanol–water partition coefficient (Wildman–Crippen LogP) is 4.15. The van der Waals surface area contributed by atoms with E-state index in [0.29, 0.717) is 11.1 Å². The number of hydrogen-bond donors (Lipinski definition) is 0. The highest BCUT2D eigenvalue weighted by Gasteiger charge is 2.09. The molecule has 0 saturated carbocycles. The van der Waals surface area contributed by atoms with Gasteiger partial charge in [0.05, 0.1) is 0 Å². The molecule has 0 spiro atoms. The lowest BCUT2D eigenvalue weighted by Crippen LogP contribution is -2.28. The highest BCUT2D eigenvalue weighted by molar-refractivity contribution is 5.96. The van der Waals surface area contributed by atoms with Crippen LogP contribution >= 0.6 is 0 Å². The summed E-state index contributed by atoms with van der Waals surface area (Å²) in [6.07, 6.45) is 1.76. The van der Waals surface area contributed by atoms with E-state index in [9.17, 15) is 4.79 Å². The van der Waals surface area contributed by atoms with Crippen LogP contribution < -0.4 is 5.49 Å². The Labute approximate surface area is 141 Å². The van der Waals surface area contributed by atoms with E-state index in [2.05, 4.69) is 17.1 Å². The van der Waals surface area contributed by atoms with E-state index < -0.39 is 0 Å². The Hall–Kier alpha value is -2.94. The lowest BCUT2D eigenvalue weighted by molar-refractivity contribution is 0.0954. The third-order valence-electron chi connectivity index (χ3n) is 3.69. The summed E-state index contributed by atoms with van der Waals surface area (Å²) in [7, 11) is 0. The Morgan fingerprint density at radius 2 is 1.46 bits per heavy atom. The number of benzene rings is 2. The highest BCUT2D eigenvalue weighted by Crippen LogP contribution is 2.19. The van der Waals surface area contributed by atoms with Crippen molar-refractivity contribution in [1.82, 2.24) is 4.57 Å². The lowest BCUT2D eigenvalue weighted by atomic mass is 10.0. The molecular weight excluding hydrogens is 296 g/mol. The standard InChI is InChI=1S/C21H20N2O/c1-16(2)22-20-10-6-7-15-23(20)21(24)19-13-11-18(12-14-19)17-8-4-3-5-9-17/h3-16H,1-2H3. The number of nitrogens with zero attached hydrogens (tertiary/aromatic N) is 2. The zero-order valence-corrected chi connectivity index (χ0v) is 13.9. The van der Waals surface area contributed by atoms with Crippen LogP contribution in [0, 0.1) is 0 Å². The summed E-state index contributed by atoms with van der Waals surface area (Å²) in [6.45, 7) is 3.99. The Morgan fingerprint density at radius 1 is 0.833 bits per heavy atom. The van der Waals surface area contributed by atoms with E-state index in [0.717, 1.165) is 11.1 Å². The van der Waals surface area contributed by atoms with Crippen molar-refractivity contribution in [2.24, 2.45) is 4.99 Å². The maximum Gasteiger partial charge on any atom is 0.263 e. The first-order valence-corrected chi connectivity index (χ1v) is 8.07. The topological polar surface area (TPSA) is 34.4 Å². The minimum atomic E-state index is -0.0744. The second kappa shape index (κ2) is 7.09. The lowest BCUT2D eigenvalue weighted by Gasteiger charge is -2.08. The van der Waals surface area contributed by atoms with Crippen LogP contribution in [0.15, 0.2) is 84.0 Å². The molecule has 0 fully saturated rings. The molecule has 0 saturated heterocycles. The SMILES string of the molecule is CC(C)N=c1ccccn1C(=O)c1ccc(-c2ccccc2)cc1. The summed E-state index contributed by atoms with van der Waals surface area (Å²) in [4.78, 5) is 17.3. The first kappa shape index (κ1) is 15.9.